The molecule has 0 saturated carbocycles. The summed E-state index contributed by atoms with van der Waals surface area (Å²) < 4.78 is 0. The van der Waals surface area contributed by atoms with Gasteiger partial charge in [0.15, 0.2) is 0 Å². The SMILES string of the molecule is C=C(C)C(=O)O.C=C(C)C(=O)O.C=C(C)C(=O)O.C=C(C)C(=O)O.CC(O)CCO. The predicted octanol–water partition coefficient (Wildman–Crippen LogP) is 2.34. The Hall–Kier alpha value is -3.24. The maximum atomic E-state index is 9.60. The smallest absolute Gasteiger partial charge is 0.330 e. The Balaban J connectivity index is -0.0000000868. The first-order chi connectivity index (χ1) is 13.3. The minimum absolute atomic E-state index is 0.0810. The van der Waals surface area contributed by atoms with Crippen LogP contribution in [0.3, 0.4) is 0 Å². The molecule has 6 N–H and O–H groups in total. The maximum absolute atomic E-state index is 9.60. The van der Waals surface area contributed by atoms with Crippen LogP contribution in [0, 0.1) is 0 Å². The highest BCUT2D eigenvalue weighted by Crippen LogP contribution is 1.83. The van der Waals surface area contributed by atoms with Crippen molar-refractivity contribution in [1.29, 1.82) is 0 Å². The molecule has 0 heterocycles. The van der Waals surface area contributed by atoms with Crippen molar-refractivity contribution in [2.24, 2.45) is 0 Å². The van der Waals surface area contributed by atoms with E-state index in [9.17, 15) is 19.2 Å². The van der Waals surface area contributed by atoms with E-state index >= 15 is 0 Å². The van der Waals surface area contributed by atoms with Gasteiger partial charge in [-0.1, -0.05) is 26.3 Å². The van der Waals surface area contributed by atoms with Crippen molar-refractivity contribution in [2.45, 2.75) is 47.1 Å². The number of carbonyl (C=O) groups is 4. The van der Waals surface area contributed by atoms with E-state index in [0.29, 0.717) is 6.42 Å². The topological polar surface area (TPSA) is 190 Å². The monoisotopic (exact) mass is 434 g/mol. The van der Waals surface area contributed by atoms with Gasteiger partial charge in [0.1, 0.15) is 0 Å². The first kappa shape index (κ1) is 37.5. The fraction of sp³-hybridized carbons (Fsp3) is 0.400. The van der Waals surface area contributed by atoms with Gasteiger partial charge >= 0.3 is 23.9 Å². The quantitative estimate of drug-likeness (QED) is 0.338. The highest BCUT2D eigenvalue weighted by atomic mass is 16.4. The van der Waals surface area contributed by atoms with Crippen LogP contribution in [-0.2, 0) is 19.2 Å². The molecule has 0 aliphatic heterocycles. The summed E-state index contributed by atoms with van der Waals surface area (Å²) in [5, 5.41) is 48.0. The van der Waals surface area contributed by atoms with Crippen molar-refractivity contribution < 1.29 is 49.8 Å². The Bertz CT molecular complexity index is 457. The van der Waals surface area contributed by atoms with E-state index in [2.05, 4.69) is 26.3 Å². The molecule has 0 aliphatic rings. The third kappa shape index (κ3) is 56.3. The zero-order chi connectivity index (χ0) is 25.6. The summed E-state index contributed by atoms with van der Waals surface area (Å²) in [6, 6.07) is 0. The standard InChI is InChI=1S/C4H10O2.4C4H6O2/c1-4(6)2-3-5;4*1-3(2)4(5)6/h4-6H,2-3H2,1H3;4*1H2,2H3,(H,5,6). The first-order valence-electron chi connectivity index (χ1n) is 8.19. The summed E-state index contributed by atoms with van der Waals surface area (Å²) in [6.07, 6.45) is 0.134. The van der Waals surface area contributed by atoms with Gasteiger partial charge in [0, 0.05) is 28.9 Å². The van der Waals surface area contributed by atoms with Crippen LogP contribution in [0.5, 0.6) is 0 Å². The lowest BCUT2D eigenvalue weighted by molar-refractivity contribution is -0.133. The van der Waals surface area contributed by atoms with Gasteiger partial charge in [-0.25, -0.2) is 19.2 Å². The first-order valence-corrected chi connectivity index (χ1v) is 8.19. The van der Waals surface area contributed by atoms with Crippen molar-refractivity contribution in [3.8, 4) is 0 Å². The average Bonchev–Trinajstić information content (AvgIpc) is 2.56. The number of hydrogen-bond acceptors (Lipinski definition) is 6. The minimum Gasteiger partial charge on any atom is -0.478 e. The van der Waals surface area contributed by atoms with Gasteiger partial charge in [0.2, 0.25) is 0 Å². The summed E-state index contributed by atoms with van der Waals surface area (Å²) in [7, 11) is 0. The van der Waals surface area contributed by atoms with E-state index in [0.717, 1.165) is 0 Å². The Kier molecular flexibility index (Phi) is 29.8. The molecule has 1 unspecified atom stereocenters. The van der Waals surface area contributed by atoms with Gasteiger partial charge in [-0.2, -0.15) is 0 Å². The molecule has 0 amide bonds. The van der Waals surface area contributed by atoms with Crippen LogP contribution in [0.2, 0.25) is 0 Å². The fourth-order valence-electron chi connectivity index (χ4n) is 0.187. The third-order valence-electron chi connectivity index (χ3n) is 2.01. The third-order valence-corrected chi connectivity index (χ3v) is 2.01. The Morgan fingerprint density at radius 3 is 0.767 bits per heavy atom. The number of hydrogen-bond donors (Lipinski definition) is 6. The molecular formula is C20H34O10. The molecule has 0 aromatic rings. The maximum Gasteiger partial charge on any atom is 0.330 e. The summed E-state index contributed by atoms with van der Waals surface area (Å²) in [5.41, 5.74) is 0.704. The molecule has 30 heavy (non-hydrogen) atoms. The highest BCUT2D eigenvalue weighted by molar-refractivity contribution is 5.85. The molecule has 0 rings (SSSR count). The second-order valence-corrected chi connectivity index (χ2v) is 5.70. The van der Waals surface area contributed by atoms with E-state index in [-0.39, 0.29) is 35.0 Å². The van der Waals surface area contributed by atoms with E-state index in [4.69, 9.17) is 30.6 Å². The van der Waals surface area contributed by atoms with Gasteiger partial charge in [-0.15, -0.1) is 0 Å². The van der Waals surface area contributed by atoms with Crippen LogP contribution in [0.4, 0.5) is 0 Å². The number of carboxylic acid groups (broad SMARTS) is 4. The van der Waals surface area contributed by atoms with Crippen molar-refractivity contribution in [3.63, 3.8) is 0 Å². The van der Waals surface area contributed by atoms with Crippen LogP contribution in [0.15, 0.2) is 48.6 Å². The van der Waals surface area contributed by atoms with Crippen LogP contribution >= 0.6 is 0 Å². The molecule has 0 aromatic carbocycles. The predicted molar refractivity (Wildman–Crippen MR) is 113 cm³/mol. The molecular weight excluding hydrogens is 400 g/mol. The number of aliphatic carboxylic acids is 4. The molecule has 10 heteroatoms. The normalized spacial score (nSPS) is 8.90. The lowest BCUT2D eigenvalue weighted by Crippen LogP contribution is -2.00. The van der Waals surface area contributed by atoms with Gasteiger partial charge in [-0.05, 0) is 41.0 Å². The van der Waals surface area contributed by atoms with E-state index in [1.807, 2.05) is 0 Å². The van der Waals surface area contributed by atoms with Gasteiger partial charge < -0.3 is 30.6 Å². The molecule has 0 fully saturated rings. The summed E-state index contributed by atoms with van der Waals surface area (Å²) in [6.45, 7) is 20.1. The molecule has 10 nitrogen and oxygen atoms in total. The van der Waals surface area contributed by atoms with Gasteiger partial charge in [-0.3, -0.25) is 0 Å². The van der Waals surface area contributed by atoms with Crippen molar-refractivity contribution in [2.75, 3.05) is 6.61 Å². The van der Waals surface area contributed by atoms with Crippen molar-refractivity contribution in [3.05, 3.63) is 48.6 Å². The van der Waals surface area contributed by atoms with E-state index in [1.54, 1.807) is 6.92 Å². The molecule has 0 aromatic heterocycles. The Labute approximate surface area is 176 Å². The molecule has 0 bridgehead atoms. The Morgan fingerprint density at radius 2 is 0.767 bits per heavy atom. The van der Waals surface area contributed by atoms with Crippen LogP contribution < -0.4 is 0 Å². The number of carboxylic acids is 4. The number of aliphatic hydroxyl groups is 2. The zero-order valence-corrected chi connectivity index (χ0v) is 18.1. The van der Waals surface area contributed by atoms with E-state index < -0.39 is 23.9 Å². The summed E-state index contributed by atoms with van der Waals surface area (Å²) >= 11 is 0. The second kappa shape index (κ2) is 23.8. The lowest BCUT2D eigenvalue weighted by atomic mass is 10.3. The molecule has 0 aliphatic carbocycles. The number of aliphatic hydroxyl groups excluding tert-OH is 2. The molecule has 0 saturated heterocycles. The molecule has 0 radical (unpaired) electrons. The van der Waals surface area contributed by atoms with Crippen LogP contribution in [0.25, 0.3) is 0 Å². The second-order valence-electron chi connectivity index (χ2n) is 5.70. The lowest BCUT2D eigenvalue weighted by Gasteiger charge is -1.95. The van der Waals surface area contributed by atoms with Gasteiger partial charge in [0.25, 0.3) is 0 Å². The summed E-state index contributed by atoms with van der Waals surface area (Å²) in [5.74, 6) is -3.74. The summed E-state index contributed by atoms with van der Waals surface area (Å²) in [4.78, 5) is 38.4. The molecule has 174 valence electrons. The van der Waals surface area contributed by atoms with Crippen LogP contribution in [0.1, 0.15) is 41.0 Å². The van der Waals surface area contributed by atoms with Crippen LogP contribution in [-0.4, -0.2) is 67.2 Å². The van der Waals surface area contributed by atoms with Crippen molar-refractivity contribution >= 4 is 23.9 Å². The fourth-order valence-corrected chi connectivity index (χ4v) is 0.187. The highest BCUT2D eigenvalue weighted by Gasteiger charge is 1.91. The largest absolute Gasteiger partial charge is 0.478 e. The van der Waals surface area contributed by atoms with Crippen molar-refractivity contribution in [1.82, 2.24) is 0 Å². The zero-order valence-electron chi connectivity index (χ0n) is 18.1. The average molecular weight is 434 g/mol. The molecule has 0 spiro atoms. The van der Waals surface area contributed by atoms with E-state index in [1.165, 1.54) is 27.7 Å². The van der Waals surface area contributed by atoms with Gasteiger partial charge in [0.05, 0.1) is 6.10 Å². The molecule has 1 atom stereocenters. The Morgan fingerprint density at radius 1 is 0.633 bits per heavy atom. The minimum atomic E-state index is -0.935. The number of rotatable bonds is 6.